The summed E-state index contributed by atoms with van der Waals surface area (Å²) in [6.45, 7) is 6.41. The van der Waals surface area contributed by atoms with Crippen LogP contribution in [0.5, 0.6) is 5.75 Å². The van der Waals surface area contributed by atoms with Crippen LogP contribution in [0.2, 0.25) is 0 Å². The van der Waals surface area contributed by atoms with E-state index in [0.29, 0.717) is 0 Å². The minimum atomic E-state index is -1.01. The molecule has 8 nitrogen and oxygen atoms in total. The van der Waals surface area contributed by atoms with Gasteiger partial charge in [0.1, 0.15) is 11.4 Å². The van der Waals surface area contributed by atoms with Crippen molar-refractivity contribution in [1.82, 2.24) is 5.32 Å². The lowest BCUT2D eigenvalue weighted by atomic mass is 10.0. The first-order valence-electron chi connectivity index (χ1n) is 6.52. The molecule has 22 heavy (non-hydrogen) atoms. The second-order valence-corrected chi connectivity index (χ2v) is 5.69. The number of hydrogen-bond donors (Lipinski definition) is 2. The number of amides is 1. The smallest absolute Gasteiger partial charge is 0.408 e. The van der Waals surface area contributed by atoms with Crippen LogP contribution >= 0.6 is 0 Å². The number of alkyl carbamates (subject to hydrolysis) is 1. The molecule has 1 aromatic rings. The van der Waals surface area contributed by atoms with Crippen molar-refractivity contribution in [3.05, 3.63) is 33.9 Å². The van der Waals surface area contributed by atoms with E-state index in [9.17, 15) is 24.8 Å². The number of carbonyl (C=O) groups is 2. The molecule has 0 aliphatic heterocycles. The second-order valence-electron chi connectivity index (χ2n) is 5.69. The van der Waals surface area contributed by atoms with Gasteiger partial charge in [0.15, 0.2) is 5.78 Å². The van der Waals surface area contributed by atoms with Crippen LogP contribution in [0.25, 0.3) is 0 Å². The zero-order valence-electron chi connectivity index (χ0n) is 12.7. The van der Waals surface area contributed by atoms with E-state index in [1.807, 2.05) is 0 Å². The predicted octanol–water partition coefficient (Wildman–Crippen LogP) is 2.40. The number of carbonyl (C=O) groups excluding carboxylic acids is 2. The van der Waals surface area contributed by atoms with Crippen LogP contribution in [0.3, 0.4) is 0 Å². The Balaban J connectivity index is 2.89. The van der Waals surface area contributed by atoms with Crippen LogP contribution in [0.1, 0.15) is 38.1 Å². The first-order valence-corrected chi connectivity index (χ1v) is 6.52. The summed E-state index contributed by atoms with van der Waals surface area (Å²) in [6, 6.07) is 2.09. The predicted molar refractivity (Wildman–Crippen MR) is 77.9 cm³/mol. The number of ether oxygens (including phenoxy) is 1. The Kier molecular flexibility index (Phi) is 5.08. The van der Waals surface area contributed by atoms with Crippen LogP contribution in [0.15, 0.2) is 18.2 Å². The fourth-order valence-corrected chi connectivity index (χ4v) is 1.62. The van der Waals surface area contributed by atoms with Gasteiger partial charge < -0.3 is 15.2 Å². The zero-order valence-corrected chi connectivity index (χ0v) is 12.7. The van der Waals surface area contributed by atoms with Crippen LogP contribution in [0, 0.1) is 10.1 Å². The molecule has 120 valence electrons. The highest BCUT2D eigenvalue weighted by Gasteiger charge is 2.25. The number of nitro groups is 1. The standard InChI is InChI=1S/C14H18N2O6/c1-8(15-13(19)22-14(2,3)4)12(18)10-7-9(16(20)21)5-6-11(10)17/h5-8,17H,1-4H3,(H,15,19). The van der Waals surface area contributed by atoms with E-state index in [1.54, 1.807) is 20.8 Å². The zero-order chi connectivity index (χ0) is 17.1. The van der Waals surface area contributed by atoms with Gasteiger partial charge >= 0.3 is 6.09 Å². The molecule has 1 unspecified atom stereocenters. The SMILES string of the molecule is CC(NC(=O)OC(C)(C)C)C(=O)c1cc([N+](=O)[O-])ccc1O. The molecular weight excluding hydrogens is 292 g/mol. The Bertz CT molecular complexity index is 606. The van der Waals surface area contributed by atoms with Crippen molar-refractivity contribution in [3.8, 4) is 5.75 Å². The molecule has 0 aliphatic rings. The highest BCUT2D eigenvalue weighted by molar-refractivity contribution is 6.03. The number of non-ortho nitro benzene ring substituents is 1. The average molecular weight is 310 g/mol. The number of Topliss-reactive ketones (excluding diaryl/α,β-unsaturated/α-hetero) is 1. The maximum atomic E-state index is 12.2. The minimum Gasteiger partial charge on any atom is -0.507 e. The third kappa shape index (κ3) is 4.72. The molecule has 1 rings (SSSR count). The van der Waals surface area contributed by atoms with Gasteiger partial charge in [-0.2, -0.15) is 0 Å². The lowest BCUT2D eigenvalue weighted by Gasteiger charge is -2.21. The lowest BCUT2D eigenvalue weighted by molar-refractivity contribution is -0.384. The van der Waals surface area contributed by atoms with Crippen molar-refractivity contribution >= 4 is 17.6 Å². The van der Waals surface area contributed by atoms with E-state index in [1.165, 1.54) is 6.92 Å². The maximum Gasteiger partial charge on any atom is 0.408 e. The molecule has 2 N–H and O–H groups in total. The quantitative estimate of drug-likeness (QED) is 0.500. The molecule has 0 saturated carbocycles. The Hall–Kier alpha value is -2.64. The van der Waals surface area contributed by atoms with E-state index in [0.717, 1.165) is 18.2 Å². The molecule has 0 aliphatic carbocycles. The molecule has 0 bridgehead atoms. The summed E-state index contributed by atoms with van der Waals surface area (Å²) in [4.78, 5) is 33.8. The highest BCUT2D eigenvalue weighted by Crippen LogP contribution is 2.24. The molecule has 1 atom stereocenters. The molecule has 1 amide bonds. The number of nitrogens with zero attached hydrogens (tertiary/aromatic N) is 1. The Morgan fingerprint density at radius 3 is 2.45 bits per heavy atom. The van der Waals surface area contributed by atoms with Crippen LogP contribution in [-0.4, -0.2) is 33.5 Å². The fraction of sp³-hybridized carbons (Fsp3) is 0.429. The van der Waals surface area contributed by atoms with Gasteiger partial charge in [-0.05, 0) is 33.8 Å². The third-order valence-corrected chi connectivity index (χ3v) is 2.58. The van der Waals surface area contributed by atoms with Gasteiger partial charge in [-0.15, -0.1) is 0 Å². The molecule has 0 heterocycles. The molecule has 0 saturated heterocycles. The van der Waals surface area contributed by atoms with Crippen LogP contribution < -0.4 is 5.32 Å². The van der Waals surface area contributed by atoms with Crippen molar-refractivity contribution in [2.45, 2.75) is 39.3 Å². The number of aromatic hydroxyl groups is 1. The van der Waals surface area contributed by atoms with Crippen LogP contribution in [-0.2, 0) is 4.74 Å². The average Bonchev–Trinajstić information content (AvgIpc) is 2.35. The Labute approximate surface area is 127 Å². The van der Waals surface area contributed by atoms with E-state index in [2.05, 4.69) is 5.32 Å². The fourth-order valence-electron chi connectivity index (χ4n) is 1.62. The molecule has 8 heteroatoms. The van der Waals surface area contributed by atoms with Crippen LogP contribution in [0.4, 0.5) is 10.5 Å². The summed E-state index contributed by atoms with van der Waals surface area (Å²) in [5.74, 6) is -1.06. The van der Waals surface area contributed by atoms with Crippen molar-refractivity contribution in [2.75, 3.05) is 0 Å². The minimum absolute atomic E-state index is 0.238. The number of phenolic OH excluding ortho intramolecular Hbond substituents is 1. The molecule has 0 aromatic heterocycles. The van der Waals surface area contributed by atoms with Gasteiger partial charge in [0, 0.05) is 12.1 Å². The van der Waals surface area contributed by atoms with Crippen molar-refractivity contribution in [3.63, 3.8) is 0 Å². The first kappa shape index (κ1) is 17.4. The summed E-state index contributed by atoms with van der Waals surface area (Å²) in [6.07, 6.45) is -0.793. The van der Waals surface area contributed by atoms with E-state index >= 15 is 0 Å². The number of ketones is 1. The number of nitro benzene ring substituents is 1. The van der Waals surface area contributed by atoms with Crippen molar-refractivity contribution < 1.29 is 24.4 Å². The number of phenols is 1. The topological polar surface area (TPSA) is 119 Å². The van der Waals surface area contributed by atoms with Gasteiger partial charge in [0.25, 0.3) is 5.69 Å². The number of rotatable bonds is 4. The van der Waals surface area contributed by atoms with Gasteiger partial charge in [0.05, 0.1) is 16.5 Å². The molecule has 1 aromatic carbocycles. The molecular formula is C14H18N2O6. The van der Waals surface area contributed by atoms with E-state index in [4.69, 9.17) is 4.74 Å². The summed E-state index contributed by atoms with van der Waals surface area (Å²) in [7, 11) is 0. The maximum absolute atomic E-state index is 12.2. The van der Waals surface area contributed by atoms with Gasteiger partial charge in [-0.25, -0.2) is 4.79 Å². The molecule has 0 fully saturated rings. The number of hydrogen-bond acceptors (Lipinski definition) is 6. The van der Waals surface area contributed by atoms with Gasteiger partial charge in [0.2, 0.25) is 0 Å². The Morgan fingerprint density at radius 2 is 1.95 bits per heavy atom. The highest BCUT2D eigenvalue weighted by atomic mass is 16.6. The number of benzene rings is 1. The summed E-state index contributed by atoms with van der Waals surface area (Å²) in [5, 5.41) is 22.7. The summed E-state index contributed by atoms with van der Waals surface area (Å²) < 4.78 is 5.01. The monoisotopic (exact) mass is 310 g/mol. The van der Waals surface area contributed by atoms with Gasteiger partial charge in [-0.1, -0.05) is 0 Å². The number of nitrogens with one attached hydrogen (secondary N) is 1. The van der Waals surface area contributed by atoms with E-state index in [-0.39, 0.29) is 11.3 Å². The third-order valence-electron chi connectivity index (χ3n) is 2.58. The molecule has 0 spiro atoms. The normalized spacial score (nSPS) is 12.4. The van der Waals surface area contributed by atoms with Gasteiger partial charge in [-0.3, -0.25) is 14.9 Å². The first-order chi connectivity index (χ1) is 10.0. The molecule has 0 radical (unpaired) electrons. The van der Waals surface area contributed by atoms with E-state index < -0.39 is 34.2 Å². The van der Waals surface area contributed by atoms with Crippen molar-refractivity contribution in [1.29, 1.82) is 0 Å². The van der Waals surface area contributed by atoms with Crippen molar-refractivity contribution in [2.24, 2.45) is 0 Å². The largest absolute Gasteiger partial charge is 0.507 e. The summed E-state index contributed by atoms with van der Waals surface area (Å²) >= 11 is 0. The second kappa shape index (κ2) is 6.42. The Morgan fingerprint density at radius 1 is 1.36 bits per heavy atom. The summed E-state index contributed by atoms with van der Waals surface area (Å²) in [5.41, 5.74) is -1.29. The lowest BCUT2D eigenvalue weighted by Crippen LogP contribution is -2.41.